The average molecular weight is 271 g/mol. The van der Waals surface area contributed by atoms with Crippen molar-refractivity contribution in [2.45, 2.75) is 18.9 Å². The molecule has 0 unspecified atom stereocenters. The van der Waals surface area contributed by atoms with Gasteiger partial charge in [0.1, 0.15) is 5.01 Å². The minimum Gasteiger partial charge on any atom is -0.308 e. The van der Waals surface area contributed by atoms with Gasteiger partial charge in [-0.2, -0.15) is 9.61 Å². The molecule has 0 spiro atoms. The summed E-state index contributed by atoms with van der Waals surface area (Å²) in [6, 6.07) is 10.4. The summed E-state index contributed by atoms with van der Waals surface area (Å²) in [4.78, 5) is 0.863. The monoisotopic (exact) mass is 271 g/mol. The van der Waals surface area contributed by atoms with Crippen LogP contribution in [0.5, 0.6) is 0 Å². The van der Waals surface area contributed by atoms with Gasteiger partial charge in [0.05, 0.1) is 6.04 Å². The second-order valence-electron chi connectivity index (χ2n) is 4.67. The maximum absolute atomic E-state index is 4.68. The molecule has 0 aliphatic carbocycles. The van der Waals surface area contributed by atoms with Crippen LogP contribution in [0.3, 0.4) is 0 Å². The molecule has 6 heteroatoms. The Bertz CT molecular complexity index is 696. The minimum absolute atomic E-state index is 0.385. The lowest BCUT2D eigenvalue weighted by Crippen LogP contribution is -2.12. The molecule has 2 aromatic heterocycles. The first kappa shape index (κ1) is 11.1. The zero-order valence-corrected chi connectivity index (χ0v) is 11.1. The zero-order chi connectivity index (χ0) is 12.7. The van der Waals surface area contributed by atoms with Crippen molar-refractivity contribution in [2.24, 2.45) is 0 Å². The molecule has 0 amide bonds. The van der Waals surface area contributed by atoms with Crippen LogP contribution >= 0.6 is 11.3 Å². The van der Waals surface area contributed by atoms with Gasteiger partial charge in [0.2, 0.25) is 4.96 Å². The molecule has 96 valence electrons. The minimum atomic E-state index is 0.385. The number of nitrogens with one attached hydrogen (secondary N) is 1. The lowest BCUT2D eigenvalue weighted by atomic mass is 10.2. The highest BCUT2D eigenvalue weighted by Gasteiger charge is 2.22. The third-order valence-electron chi connectivity index (χ3n) is 3.40. The van der Waals surface area contributed by atoms with Gasteiger partial charge in [-0.1, -0.05) is 41.7 Å². The second-order valence-corrected chi connectivity index (χ2v) is 5.66. The van der Waals surface area contributed by atoms with Crippen LogP contribution in [-0.2, 0) is 0 Å². The largest absolute Gasteiger partial charge is 0.308 e. The smallest absolute Gasteiger partial charge is 0.235 e. The Kier molecular flexibility index (Phi) is 2.56. The molecule has 1 aliphatic heterocycles. The molecule has 1 N–H and O–H groups in total. The number of rotatable bonds is 2. The number of nitrogens with zero attached hydrogens (tertiary/aromatic N) is 4. The molecule has 5 nitrogen and oxygen atoms in total. The van der Waals surface area contributed by atoms with Gasteiger partial charge < -0.3 is 5.32 Å². The van der Waals surface area contributed by atoms with Crippen LogP contribution < -0.4 is 5.32 Å². The molecule has 1 aromatic carbocycles. The van der Waals surface area contributed by atoms with Crippen molar-refractivity contribution in [1.29, 1.82) is 0 Å². The second kappa shape index (κ2) is 4.40. The molecule has 19 heavy (non-hydrogen) atoms. The molecule has 0 bridgehead atoms. The Hall–Kier alpha value is -1.79. The summed E-state index contributed by atoms with van der Waals surface area (Å²) in [7, 11) is 0. The van der Waals surface area contributed by atoms with Crippen molar-refractivity contribution in [2.75, 3.05) is 6.54 Å². The molecule has 3 aromatic rings. The van der Waals surface area contributed by atoms with E-state index in [0.717, 1.165) is 34.3 Å². The van der Waals surface area contributed by atoms with Crippen molar-refractivity contribution in [3.63, 3.8) is 0 Å². The van der Waals surface area contributed by atoms with E-state index in [1.807, 2.05) is 34.8 Å². The Morgan fingerprint density at radius 1 is 1.21 bits per heavy atom. The molecule has 0 saturated carbocycles. The van der Waals surface area contributed by atoms with Gasteiger partial charge in [-0.05, 0) is 19.4 Å². The summed E-state index contributed by atoms with van der Waals surface area (Å²) in [5, 5.41) is 17.7. The van der Waals surface area contributed by atoms with E-state index in [9.17, 15) is 0 Å². The van der Waals surface area contributed by atoms with Crippen molar-refractivity contribution in [3.8, 4) is 11.4 Å². The molecule has 1 saturated heterocycles. The fourth-order valence-electron chi connectivity index (χ4n) is 2.44. The van der Waals surface area contributed by atoms with Crippen LogP contribution in [0.4, 0.5) is 0 Å². The highest BCUT2D eigenvalue weighted by Crippen LogP contribution is 2.28. The molecule has 4 rings (SSSR count). The van der Waals surface area contributed by atoms with Crippen molar-refractivity contribution < 1.29 is 0 Å². The Balaban J connectivity index is 1.80. The van der Waals surface area contributed by atoms with Gasteiger partial charge in [0.15, 0.2) is 5.82 Å². The summed E-state index contributed by atoms with van der Waals surface area (Å²) < 4.78 is 1.86. The first-order chi connectivity index (χ1) is 9.42. The van der Waals surface area contributed by atoms with E-state index < -0.39 is 0 Å². The number of benzene rings is 1. The van der Waals surface area contributed by atoms with Crippen LogP contribution in [0.2, 0.25) is 0 Å². The van der Waals surface area contributed by atoms with Crippen LogP contribution in [-0.4, -0.2) is 26.4 Å². The predicted molar refractivity (Wildman–Crippen MR) is 74.1 cm³/mol. The van der Waals surface area contributed by atoms with Crippen LogP contribution in [0.15, 0.2) is 30.3 Å². The highest BCUT2D eigenvalue weighted by atomic mass is 32.1. The third-order valence-corrected chi connectivity index (χ3v) is 4.41. The highest BCUT2D eigenvalue weighted by molar-refractivity contribution is 7.16. The first-order valence-electron chi connectivity index (χ1n) is 6.43. The predicted octanol–water partition coefficient (Wildman–Crippen LogP) is 2.28. The fraction of sp³-hybridized carbons (Fsp3) is 0.308. The molecule has 1 aliphatic rings. The van der Waals surface area contributed by atoms with E-state index in [1.165, 1.54) is 6.42 Å². The van der Waals surface area contributed by atoms with E-state index in [1.54, 1.807) is 11.3 Å². The van der Waals surface area contributed by atoms with Crippen molar-refractivity contribution >= 4 is 16.3 Å². The number of aromatic nitrogens is 4. The van der Waals surface area contributed by atoms with E-state index in [2.05, 4.69) is 20.6 Å². The Labute approximate surface area is 114 Å². The SMILES string of the molecule is c1ccc(-c2nnc3sc([C@@H]4CCCN4)nn23)cc1. The van der Waals surface area contributed by atoms with Crippen LogP contribution in [0.25, 0.3) is 16.3 Å². The number of hydrogen-bond donors (Lipinski definition) is 1. The summed E-state index contributed by atoms with van der Waals surface area (Å²) in [6.45, 7) is 1.08. The van der Waals surface area contributed by atoms with E-state index in [0.29, 0.717) is 6.04 Å². The normalized spacial score (nSPS) is 19.3. The standard InChI is InChI=1S/C13H13N5S/c1-2-5-9(6-3-1)11-15-16-13-18(11)17-12(19-13)10-7-4-8-14-10/h1-3,5-6,10,14H,4,7-8H2/t10-/m0/s1. The lowest BCUT2D eigenvalue weighted by Gasteiger charge is -2.03. The van der Waals surface area contributed by atoms with Gasteiger partial charge in [-0.3, -0.25) is 0 Å². The molecular weight excluding hydrogens is 258 g/mol. The van der Waals surface area contributed by atoms with Gasteiger partial charge >= 0.3 is 0 Å². The molecule has 1 atom stereocenters. The van der Waals surface area contributed by atoms with E-state index in [-0.39, 0.29) is 0 Å². The van der Waals surface area contributed by atoms with Crippen molar-refractivity contribution in [1.82, 2.24) is 25.1 Å². The molecule has 0 radical (unpaired) electrons. The average Bonchev–Trinajstić information content (AvgIpc) is 3.15. The van der Waals surface area contributed by atoms with Gasteiger partial charge in [-0.25, -0.2) is 0 Å². The molecule has 1 fully saturated rings. The van der Waals surface area contributed by atoms with Gasteiger partial charge in [-0.15, -0.1) is 10.2 Å². The third kappa shape index (κ3) is 1.84. The maximum Gasteiger partial charge on any atom is 0.235 e. The Morgan fingerprint density at radius 3 is 2.89 bits per heavy atom. The van der Waals surface area contributed by atoms with E-state index >= 15 is 0 Å². The molecular formula is C13H13N5S. The summed E-state index contributed by atoms with van der Waals surface area (Å²) in [5.74, 6) is 0.816. The van der Waals surface area contributed by atoms with Crippen molar-refractivity contribution in [3.05, 3.63) is 35.3 Å². The van der Waals surface area contributed by atoms with E-state index in [4.69, 9.17) is 0 Å². The first-order valence-corrected chi connectivity index (χ1v) is 7.24. The van der Waals surface area contributed by atoms with Crippen LogP contribution in [0, 0.1) is 0 Å². The fourth-order valence-corrected chi connectivity index (χ4v) is 3.38. The number of fused-ring (bicyclic) bond motifs is 1. The van der Waals surface area contributed by atoms with Gasteiger partial charge in [0.25, 0.3) is 0 Å². The zero-order valence-electron chi connectivity index (χ0n) is 10.3. The summed E-state index contributed by atoms with van der Waals surface area (Å²) in [5.41, 5.74) is 1.05. The lowest BCUT2D eigenvalue weighted by molar-refractivity contribution is 0.630. The van der Waals surface area contributed by atoms with Gasteiger partial charge in [0, 0.05) is 5.56 Å². The van der Waals surface area contributed by atoms with Crippen LogP contribution in [0.1, 0.15) is 23.9 Å². The topological polar surface area (TPSA) is 55.1 Å². The quantitative estimate of drug-likeness (QED) is 0.777. The number of hydrogen-bond acceptors (Lipinski definition) is 5. The maximum atomic E-state index is 4.68. The Morgan fingerprint density at radius 2 is 2.11 bits per heavy atom. The summed E-state index contributed by atoms with van der Waals surface area (Å²) >= 11 is 1.63. The summed E-state index contributed by atoms with van der Waals surface area (Å²) in [6.07, 6.45) is 2.38. The molecule has 3 heterocycles.